The number of nitrogens with zero attached hydrogens (tertiary/aromatic N) is 2. The van der Waals surface area contributed by atoms with Gasteiger partial charge in [-0.1, -0.05) is 55.5 Å². The van der Waals surface area contributed by atoms with E-state index in [4.69, 9.17) is 4.74 Å². The SMILES string of the molecule is CC#CCN1C(=O)[C@@H]([C@H](O)C2CCCCC2)NC(=O)C12CCN(Cc1ccc(Oc3ccccc3)cc1)CC2. The molecule has 2 N–H and O–H groups in total. The Morgan fingerprint density at radius 1 is 1.00 bits per heavy atom. The maximum atomic E-state index is 13.7. The number of benzene rings is 2. The minimum absolute atomic E-state index is 0.0486. The maximum Gasteiger partial charge on any atom is 0.249 e. The highest BCUT2D eigenvalue weighted by Crippen LogP contribution is 2.36. The predicted octanol–water partition coefficient (Wildman–Crippen LogP) is 4.11. The highest BCUT2D eigenvalue weighted by Gasteiger charge is 2.55. The molecule has 2 amide bonds. The number of piperazine rings is 1. The summed E-state index contributed by atoms with van der Waals surface area (Å²) in [5, 5.41) is 14.1. The van der Waals surface area contributed by atoms with Crippen molar-refractivity contribution in [2.75, 3.05) is 19.6 Å². The molecule has 1 spiro atoms. The average Bonchev–Trinajstić information content (AvgIpc) is 2.98. The lowest BCUT2D eigenvalue weighted by Crippen LogP contribution is -2.75. The molecule has 206 valence electrons. The molecule has 0 unspecified atom stereocenters. The molecule has 39 heavy (non-hydrogen) atoms. The fraction of sp³-hybridized carbons (Fsp3) is 0.500. The van der Waals surface area contributed by atoms with Crippen molar-refractivity contribution in [2.24, 2.45) is 5.92 Å². The number of amides is 2. The zero-order valence-corrected chi connectivity index (χ0v) is 22.8. The summed E-state index contributed by atoms with van der Waals surface area (Å²) in [7, 11) is 0. The van der Waals surface area contributed by atoms with Gasteiger partial charge in [0.05, 0.1) is 12.6 Å². The largest absolute Gasteiger partial charge is 0.457 e. The minimum atomic E-state index is -0.923. The van der Waals surface area contributed by atoms with Gasteiger partial charge in [0, 0.05) is 19.6 Å². The summed E-state index contributed by atoms with van der Waals surface area (Å²) in [4.78, 5) is 31.4. The highest BCUT2D eigenvalue weighted by atomic mass is 16.5. The normalized spacial score (nSPS) is 22.6. The molecule has 3 aliphatic rings. The summed E-state index contributed by atoms with van der Waals surface area (Å²) in [6.07, 6.45) is 5.30. The first-order valence-corrected chi connectivity index (χ1v) is 14.2. The second-order valence-electron chi connectivity index (χ2n) is 11.1. The fourth-order valence-electron chi connectivity index (χ4n) is 6.33. The Bertz CT molecular complexity index is 1190. The lowest BCUT2D eigenvalue weighted by molar-refractivity contribution is -0.164. The third kappa shape index (κ3) is 5.98. The van der Waals surface area contributed by atoms with Crippen molar-refractivity contribution in [2.45, 2.75) is 76.1 Å². The quantitative estimate of drug-likeness (QED) is 0.528. The number of aliphatic hydroxyl groups excluding tert-OH is 1. The molecule has 1 saturated carbocycles. The van der Waals surface area contributed by atoms with E-state index < -0.39 is 17.7 Å². The van der Waals surface area contributed by atoms with E-state index in [0.29, 0.717) is 25.9 Å². The van der Waals surface area contributed by atoms with Gasteiger partial charge >= 0.3 is 0 Å². The van der Waals surface area contributed by atoms with Gasteiger partial charge in [0.15, 0.2) is 0 Å². The van der Waals surface area contributed by atoms with Crippen LogP contribution in [0.1, 0.15) is 57.4 Å². The van der Waals surface area contributed by atoms with Crippen LogP contribution < -0.4 is 10.1 Å². The van der Waals surface area contributed by atoms with Gasteiger partial charge in [0.1, 0.15) is 23.1 Å². The van der Waals surface area contributed by atoms with E-state index in [-0.39, 0.29) is 24.3 Å². The summed E-state index contributed by atoms with van der Waals surface area (Å²) in [5.74, 6) is 7.20. The number of likely N-dealkylation sites (tertiary alicyclic amines) is 1. The van der Waals surface area contributed by atoms with Gasteiger partial charge in [-0.25, -0.2) is 0 Å². The Balaban J connectivity index is 1.23. The molecule has 5 rings (SSSR count). The summed E-state index contributed by atoms with van der Waals surface area (Å²) < 4.78 is 5.90. The fourth-order valence-corrected chi connectivity index (χ4v) is 6.33. The van der Waals surface area contributed by atoms with Gasteiger partial charge in [0.25, 0.3) is 0 Å². The van der Waals surface area contributed by atoms with E-state index in [2.05, 4.69) is 34.2 Å². The first-order chi connectivity index (χ1) is 19.0. The van der Waals surface area contributed by atoms with Crippen LogP contribution in [0.3, 0.4) is 0 Å². The van der Waals surface area contributed by atoms with E-state index in [1.54, 1.807) is 11.8 Å². The van der Waals surface area contributed by atoms with Crippen molar-refractivity contribution in [3.05, 3.63) is 60.2 Å². The Morgan fingerprint density at radius 3 is 2.33 bits per heavy atom. The number of carbonyl (C=O) groups excluding carboxylic acids is 2. The molecule has 7 heteroatoms. The third-order valence-corrected chi connectivity index (χ3v) is 8.64. The van der Waals surface area contributed by atoms with Crippen LogP contribution in [0.15, 0.2) is 54.6 Å². The van der Waals surface area contributed by atoms with Crippen molar-refractivity contribution in [1.82, 2.24) is 15.1 Å². The number of hydrogen-bond donors (Lipinski definition) is 2. The van der Waals surface area contributed by atoms with Gasteiger partial charge < -0.3 is 20.1 Å². The molecule has 0 radical (unpaired) electrons. The monoisotopic (exact) mass is 529 g/mol. The van der Waals surface area contributed by atoms with Gasteiger partial charge in [-0.05, 0) is 68.4 Å². The summed E-state index contributed by atoms with van der Waals surface area (Å²) in [6, 6.07) is 16.9. The Morgan fingerprint density at radius 2 is 1.67 bits per heavy atom. The lowest BCUT2D eigenvalue weighted by Gasteiger charge is -2.52. The number of para-hydroxylation sites is 1. The molecule has 2 atom stereocenters. The number of hydrogen-bond acceptors (Lipinski definition) is 5. The number of ether oxygens (including phenoxy) is 1. The average molecular weight is 530 g/mol. The second-order valence-corrected chi connectivity index (χ2v) is 11.1. The zero-order chi connectivity index (χ0) is 27.2. The molecule has 2 aliphatic heterocycles. The number of nitrogens with one attached hydrogen (secondary N) is 1. The van der Waals surface area contributed by atoms with Crippen LogP contribution in [-0.2, 0) is 16.1 Å². The topological polar surface area (TPSA) is 82.1 Å². The van der Waals surface area contributed by atoms with Crippen LogP contribution in [0.4, 0.5) is 0 Å². The minimum Gasteiger partial charge on any atom is -0.457 e. The van der Waals surface area contributed by atoms with Crippen LogP contribution in [0.25, 0.3) is 0 Å². The Labute approximate surface area is 231 Å². The Kier molecular flexibility index (Phi) is 8.54. The van der Waals surface area contributed by atoms with Crippen molar-refractivity contribution in [3.8, 4) is 23.3 Å². The van der Waals surface area contributed by atoms with E-state index in [9.17, 15) is 14.7 Å². The molecule has 2 aromatic rings. The molecule has 1 aliphatic carbocycles. The van der Waals surface area contributed by atoms with Crippen LogP contribution in [0, 0.1) is 17.8 Å². The summed E-state index contributed by atoms with van der Waals surface area (Å²) in [6.45, 7) is 4.09. The van der Waals surface area contributed by atoms with Crippen molar-refractivity contribution < 1.29 is 19.4 Å². The number of aliphatic hydroxyl groups is 1. The van der Waals surface area contributed by atoms with Gasteiger partial charge in [0.2, 0.25) is 11.8 Å². The zero-order valence-electron chi connectivity index (χ0n) is 22.8. The molecule has 2 saturated heterocycles. The van der Waals surface area contributed by atoms with Crippen LogP contribution in [0.5, 0.6) is 11.5 Å². The third-order valence-electron chi connectivity index (χ3n) is 8.64. The van der Waals surface area contributed by atoms with Crippen molar-refractivity contribution >= 4 is 11.8 Å². The molecule has 2 aromatic carbocycles. The molecule has 7 nitrogen and oxygen atoms in total. The van der Waals surface area contributed by atoms with E-state index in [1.165, 1.54) is 5.56 Å². The smallest absolute Gasteiger partial charge is 0.249 e. The summed E-state index contributed by atoms with van der Waals surface area (Å²) in [5.41, 5.74) is 0.244. The molecule has 0 bridgehead atoms. The molecular formula is C32H39N3O4. The highest BCUT2D eigenvalue weighted by molar-refractivity contribution is 6.00. The predicted molar refractivity (Wildman–Crippen MR) is 150 cm³/mol. The van der Waals surface area contributed by atoms with Crippen LogP contribution in [-0.4, -0.2) is 64.0 Å². The lowest BCUT2D eigenvalue weighted by atomic mass is 9.78. The standard InChI is InChI=1S/C32H39N3O4/c1-2-3-20-35-30(37)28(29(36)25-10-6-4-7-11-25)33-31(38)32(35)18-21-34(22-19-32)23-24-14-16-27(17-15-24)39-26-12-8-5-9-13-26/h5,8-9,12-17,25,28-29,36H,4,6-7,10-11,18-23H2,1H3,(H,33,38)/t28-,29-/m1/s1. The maximum absolute atomic E-state index is 13.7. The molecule has 2 heterocycles. The number of carbonyl (C=O) groups is 2. The second kappa shape index (κ2) is 12.2. The molecule has 3 fully saturated rings. The van der Waals surface area contributed by atoms with Gasteiger partial charge in [-0.2, -0.15) is 0 Å². The first-order valence-electron chi connectivity index (χ1n) is 14.2. The van der Waals surface area contributed by atoms with Crippen LogP contribution >= 0.6 is 0 Å². The molecule has 0 aromatic heterocycles. The van der Waals surface area contributed by atoms with Crippen molar-refractivity contribution in [1.29, 1.82) is 0 Å². The Hall–Kier alpha value is -3.34. The van der Waals surface area contributed by atoms with Crippen molar-refractivity contribution in [3.63, 3.8) is 0 Å². The van der Waals surface area contributed by atoms with E-state index in [0.717, 1.165) is 50.1 Å². The van der Waals surface area contributed by atoms with Gasteiger partial charge in [-0.15, -0.1) is 5.92 Å². The molecular weight excluding hydrogens is 490 g/mol. The number of rotatable bonds is 7. The van der Waals surface area contributed by atoms with Crippen LogP contribution in [0.2, 0.25) is 0 Å². The van der Waals surface area contributed by atoms with Gasteiger partial charge in [-0.3, -0.25) is 14.5 Å². The summed E-state index contributed by atoms with van der Waals surface area (Å²) >= 11 is 0. The van der Waals surface area contributed by atoms with E-state index >= 15 is 0 Å². The van der Waals surface area contributed by atoms with E-state index in [1.807, 2.05) is 42.5 Å². The first kappa shape index (κ1) is 27.2. The number of piperidine rings is 1.